The molecule has 1 atom stereocenters. The zero-order chi connectivity index (χ0) is 21.1. The molecule has 7 heteroatoms. The molecule has 1 aromatic heterocycles. The Hall–Kier alpha value is -3.14. The first-order valence-corrected chi connectivity index (χ1v) is 10.2. The van der Waals surface area contributed by atoms with Gasteiger partial charge in [0.2, 0.25) is 5.91 Å². The predicted octanol–water partition coefficient (Wildman–Crippen LogP) is 3.69. The average Bonchev–Trinajstić information content (AvgIpc) is 3.17. The van der Waals surface area contributed by atoms with Crippen LogP contribution in [-0.4, -0.2) is 39.5 Å². The van der Waals surface area contributed by atoms with Gasteiger partial charge in [0.1, 0.15) is 0 Å². The number of halogens is 1. The Morgan fingerprint density at radius 3 is 2.73 bits per heavy atom. The van der Waals surface area contributed by atoms with E-state index in [2.05, 4.69) is 27.4 Å². The van der Waals surface area contributed by atoms with Crippen LogP contribution in [0, 0.1) is 11.3 Å². The smallest absolute Gasteiger partial charge is 0.241 e. The highest BCUT2D eigenvalue weighted by Crippen LogP contribution is 2.24. The maximum absolute atomic E-state index is 12.8. The Morgan fingerprint density at radius 2 is 2.00 bits per heavy atom. The van der Waals surface area contributed by atoms with E-state index in [1.807, 2.05) is 61.1 Å². The van der Waals surface area contributed by atoms with Gasteiger partial charge < -0.3 is 9.47 Å². The summed E-state index contributed by atoms with van der Waals surface area (Å²) in [6.45, 7) is 4.41. The molecule has 0 saturated carbocycles. The molecule has 6 nitrogen and oxygen atoms in total. The van der Waals surface area contributed by atoms with Crippen LogP contribution < -0.4 is 4.90 Å². The second-order valence-corrected chi connectivity index (χ2v) is 8.00. The topological polar surface area (TPSA) is 65.2 Å². The second-order valence-electron chi connectivity index (χ2n) is 7.56. The molecule has 1 amide bonds. The zero-order valence-corrected chi connectivity index (χ0v) is 17.5. The fourth-order valence-corrected chi connectivity index (χ4v) is 3.90. The number of aromatic nitrogens is 2. The van der Waals surface area contributed by atoms with Crippen molar-refractivity contribution in [2.75, 3.05) is 18.0 Å². The maximum atomic E-state index is 12.8. The summed E-state index contributed by atoms with van der Waals surface area (Å²) in [5.41, 5.74) is 3.64. The van der Waals surface area contributed by atoms with Crippen molar-refractivity contribution in [3.8, 4) is 6.07 Å². The number of hydrogen-bond acceptors (Lipinski definition) is 4. The first-order valence-electron chi connectivity index (χ1n) is 9.81. The van der Waals surface area contributed by atoms with E-state index in [1.54, 1.807) is 4.90 Å². The Bertz CT molecular complexity index is 1090. The van der Waals surface area contributed by atoms with Crippen molar-refractivity contribution in [3.05, 3.63) is 82.9 Å². The minimum Gasteiger partial charge on any atom is -0.329 e. The summed E-state index contributed by atoms with van der Waals surface area (Å²) in [6, 6.07) is 17.3. The van der Waals surface area contributed by atoms with E-state index in [4.69, 9.17) is 16.9 Å². The number of piperazine rings is 1. The summed E-state index contributed by atoms with van der Waals surface area (Å²) in [5.74, 6) is 0.0634. The molecule has 1 aliphatic rings. The van der Waals surface area contributed by atoms with Gasteiger partial charge >= 0.3 is 0 Å². The molecule has 4 rings (SSSR count). The summed E-state index contributed by atoms with van der Waals surface area (Å²) >= 11 is 6.10. The Kier molecular flexibility index (Phi) is 5.84. The van der Waals surface area contributed by atoms with Gasteiger partial charge in [-0.2, -0.15) is 5.26 Å². The van der Waals surface area contributed by atoms with Gasteiger partial charge in [-0.1, -0.05) is 29.8 Å². The van der Waals surface area contributed by atoms with Crippen LogP contribution in [0.1, 0.15) is 23.7 Å². The Labute approximate surface area is 180 Å². The third-order valence-electron chi connectivity index (χ3n) is 5.43. The minimum atomic E-state index is 0.0634. The summed E-state index contributed by atoms with van der Waals surface area (Å²) in [4.78, 5) is 21.1. The molecule has 1 aliphatic heterocycles. The van der Waals surface area contributed by atoms with Crippen molar-refractivity contribution in [1.29, 1.82) is 5.26 Å². The van der Waals surface area contributed by atoms with Gasteiger partial charge in [0.25, 0.3) is 0 Å². The lowest BCUT2D eigenvalue weighted by atomic mass is 10.1. The highest BCUT2D eigenvalue weighted by molar-refractivity contribution is 6.30. The van der Waals surface area contributed by atoms with E-state index in [0.717, 1.165) is 16.9 Å². The summed E-state index contributed by atoms with van der Waals surface area (Å²) in [5, 5.41) is 9.58. The van der Waals surface area contributed by atoms with Crippen LogP contribution >= 0.6 is 11.6 Å². The van der Waals surface area contributed by atoms with Crippen molar-refractivity contribution in [2.24, 2.45) is 0 Å². The average molecular weight is 420 g/mol. The Morgan fingerprint density at radius 1 is 1.20 bits per heavy atom. The fourth-order valence-electron chi connectivity index (χ4n) is 3.71. The van der Waals surface area contributed by atoms with Gasteiger partial charge in [-0.15, -0.1) is 0 Å². The van der Waals surface area contributed by atoms with Crippen molar-refractivity contribution >= 4 is 23.2 Å². The summed E-state index contributed by atoms with van der Waals surface area (Å²) in [6.07, 6.45) is 3.66. The molecule has 0 radical (unpaired) electrons. The molecule has 2 heterocycles. The largest absolute Gasteiger partial charge is 0.329 e. The molecule has 0 aliphatic carbocycles. The lowest BCUT2D eigenvalue weighted by Crippen LogP contribution is -2.55. The lowest BCUT2D eigenvalue weighted by Gasteiger charge is -2.39. The van der Waals surface area contributed by atoms with E-state index in [0.29, 0.717) is 36.8 Å². The quantitative estimate of drug-likeness (QED) is 0.632. The number of anilines is 1. The van der Waals surface area contributed by atoms with Gasteiger partial charge in [0, 0.05) is 42.6 Å². The molecular formula is C23H22ClN5O. The van der Waals surface area contributed by atoms with Gasteiger partial charge in [0.15, 0.2) is 0 Å². The van der Waals surface area contributed by atoms with Crippen molar-refractivity contribution in [3.63, 3.8) is 0 Å². The van der Waals surface area contributed by atoms with Gasteiger partial charge in [0.05, 0.1) is 30.2 Å². The Balaban J connectivity index is 1.45. The number of benzene rings is 2. The molecule has 0 unspecified atom stereocenters. The van der Waals surface area contributed by atoms with E-state index in [9.17, 15) is 4.79 Å². The molecule has 0 N–H and O–H groups in total. The standard InChI is InChI=1S/C23H22ClN5O/c1-17-12-29(21-4-2-3-20(24)9-21)23(30)15-27(17)14-22-11-26-16-28(22)13-19-7-5-18(10-25)6-8-19/h2-9,11,16-17H,12-15H2,1H3/t17-/m1/s1. The number of amides is 1. The summed E-state index contributed by atoms with van der Waals surface area (Å²) < 4.78 is 2.09. The SMILES string of the molecule is C[C@@H]1CN(c2cccc(Cl)c2)C(=O)CN1Cc1cncn1Cc1ccc(C#N)cc1. The van der Waals surface area contributed by atoms with Crippen molar-refractivity contribution in [2.45, 2.75) is 26.1 Å². The molecule has 30 heavy (non-hydrogen) atoms. The molecule has 0 bridgehead atoms. The van der Waals surface area contributed by atoms with E-state index in [-0.39, 0.29) is 11.9 Å². The van der Waals surface area contributed by atoms with Crippen LogP contribution in [0.25, 0.3) is 0 Å². The molecule has 2 aromatic carbocycles. The number of carbonyl (C=O) groups is 1. The number of nitriles is 1. The van der Waals surface area contributed by atoms with Gasteiger partial charge in [-0.05, 0) is 42.8 Å². The first-order chi connectivity index (χ1) is 14.5. The molecule has 152 valence electrons. The normalized spacial score (nSPS) is 17.2. The lowest BCUT2D eigenvalue weighted by molar-refractivity contribution is -0.122. The van der Waals surface area contributed by atoms with Gasteiger partial charge in [-0.25, -0.2) is 4.98 Å². The number of carbonyl (C=O) groups excluding carboxylic acids is 1. The van der Waals surface area contributed by atoms with Crippen LogP contribution in [0.15, 0.2) is 61.1 Å². The van der Waals surface area contributed by atoms with Crippen molar-refractivity contribution in [1.82, 2.24) is 14.5 Å². The molecule has 1 fully saturated rings. The molecule has 1 saturated heterocycles. The van der Waals surface area contributed by atoms with E-state index >= 15 is 0 Å². The van der Waals surface area contributed by atoms with Gasteiger partial charge in [-0.3, -0.25) is 9.69 Å². The summed E-state index contributed by atoms with van der Waals surface area (Å²) in [7, 11) is 0. The predicted molar refractivity (Wildman–Crippen MR) is 116 cm³/mol. The molecule has 3 aromatic rings. The minimum absolute atomic E-state index is 0.0634. The number of nitrogens with zero attached hydrogens (tertiary/aromatic N) is 5. The second kappa shape index (κ2) is 8.70. The maximum Gasteiger partial charge on any atom is 0.241 e. The molecular weight excluding hydrogens is 398 g/mol. The van der Waals surface area contributed by atoms with Crippen LogP contribution in [0.2, 0.25) is 5.02 Å². The molecule has 0 spiro atoms. The zero-order valence-electron chi connectivity index (χ0n) is 16.7. The monoisotopic (exact) mass is 419 g/mol. The van der Waals surface area contributed by atoms with E-state index < -0.39 is 0 Å². The fraction of sp³-hybridized carbons (Fsp3) is 0.261. The van der Waals surface area contributed by atoms with Crippen molar-refractivity contribution < 1.29 is 4.79 Å². The third kappa shape index (κ3) is 4.38. The van der Waals surface area contributed by atoms with Crippen LogP contribution in [-0.2, 0) is 17.9 Å². The number of rotatable bonds is 5. The van der Waals surface area contributed by atoms with Crippen LogP contribution in [0.4, 0.5) is 5.69 Å². The number of hydrogen-bond donors (Lipinski definition) is 0. The highest BCUT2D eigenvalue weighted by atomic mass is 35.5. The third-order valence-corrected chi connectivity index (χ3v) is 5.66. The van der Waals surface area contributed by atoms with Crippen LogP contribution in [0.5, 0.6) is 0 Å². The first kappa shape index (κ1) is 20.1. The van der Waals surface area contributed by atoms with Crippen LogP contribution in [0.3, 0.4) is 0 Å². The highest BCUT2D eigenvalue weighted by Gasteiger charge is 2.30. The van der Waals surface area contributed by atoms with E-state index in [1.165, 1.54) is 0 Å². The number of imidazole rings is 1.